The summed E-state index contributed by atoms with van der Waals surface area (Å²) in [6.45, 7) is 0.729. The van der Waals surface area contributed by atoms with E-state index in [2.05, 4.69) is 20.4 Å². The van der Waals surface area contributed by atoms with Crippen LogP contribution >= 0.6 is 0 Å². The van der Waals surface area contributed by atoms with Gasteiger partial charge < -0.3 is 11.1 Å². The molecular formula is C16H18N6. The average Bonchev–Trinajstić information content (AvgIpc) is 3.32. The first-order chi connectivity index (χ1) is 10.8. The molecule has 4 rings (SSSR count). The van der Waals surface area contributed by atoms with Gasteiger partial charge in [-0.3, -0.25) is 0 Å². The molecule has 0 radical (unpaired) electrons. The van der Waals surface area contributed by atoms with Gasteiger partial charge in [0.05, 0.1) is 17.3 Å². The van der Waals surface area contributed by atoms with Crippen LogP contribution in [0.4, 0.5) is 5.82 Å². The van der Waals surface area contributed by atoms with Crippen molar-refractivity contribution in [3.8, 4) is 5.69 Å². The summed E-state index contributed by atoms with van der Waals surface area (Å²) in [5.41, 5.74) is 7.92. The topological polar surface area (TPSA) is 81.7 Å². The molecule has 0 spiro atoms. The molecule has 1 saturated carbocycles. The fourth-order valence-electron chi connectivity index (χ4n) is 2.65. The van der Waals surface area contributed by atoms with Crippen LogP contribution in [0.3, 0.4) is 0 Å². The molecule has 1 unspecified atom stereocenters. The van der Waals surface area contributed by atoms with Gasteiger partial charge in [0.15, 0.2) is 5.65 Å². The molecule has 112 valence electrons. The lowest BCUT2D eigenvalue weighted by Gasteiger charge is -2.12. The van der Waals surface area contributed by atoms with Crippen LogP contribution < -0.4 is 11.1 Å². The molecule has 1 aliphatic rings. The second-order valence-electron chi connectivity index (χ2n) is 5.73. The Kier molecular flexibility index (Phi) is 3.23. The summed E-state index contributed by atoms with van der Waals surface area (Å²) in [4.78, 5) is 8.71. The van der Waals surface area contributed by atoms with E-state index in [0.717, 1.165) is 29.1 Å². The number of nitrogens with one attached hydrogen (secondary N) is 1. The van der Waals surface area contributed by atoms with Gasteiger partial charge >= 0.3 is 0 Å². The van der Waals surface area contributed by atoms with Crippen molar-refractivity contribution >= 4 is 16.9 Å². The minimum absolute atomic E-state index is 0.189. The number of aromatic nitrogens is 4. The largest absolute Gasteiger partial charge is 0.368 e. The Hall–Kier alpha value is -2.47. The number of fused-ring (bicyclic) bond motifs is 1. The van der Waals surface area contributed by atoms with Crippen molar-refractivity contribution in [1.82, 2.24) is 19.7 Å². The van der Waals surface area contributed by atoms with Gasteiger partial charge in [-0.1, -0.05) is 18.2 Å². The van der Waals surface area contributed by atoms with E-state index in [1.54, 1.807) is 12.5 Å². The first kappa shape index (κ1) is 13.2. The number of hydrogen-bond acceptors (Lipinski definition) is 5. The van der Waals surface area contributed by atoms with Gasteiger partial charge in [-0.05, 0) is 30.9 Å². The Labute approximate surface area is 128 Å². The highest BCUT2D eigenvalue weighted by atomic mass is 15.3. The van der Waals surface area contributed by atoms with Crippen LogP contribution in [-0.2, 0) is 0 Å². The lowest BCUT2D eigenvalue weighted by molar-refractivity contribution is 0.620. The van der Waals surface area contributed by atoms with Gasteiger partial charge in [0.25, 0.3) is 0 Å². The summed E-state index contributed by atoms with van der Waals surface area (Å²) in [6.07, 6.45) is 5.85. The Morgan fingerprint density at radius 1 is 1.23 bits per heavy atom. The predicted octanol–water partition coefficient (Wildman–Crippen LogP) is 1.96. The van der Waals surface area contributed by atoms with Crippen LogP contribution in [-0.4, -0.2) is 32.3 Å². The van der Waals surface area contributed by atoms with E-state index in [0.29, 0.717) is 5.92 Å². The minimum atomic E-state index is 0.189. The summed E-state index contributed by atoms with van der Waals surface area (Å²) in [6, 6.07) is 10.1. The summed E-state index contributed by atoms with van der Waals surface area (Å²) in [5, 5.41) is 8.70. The minimum Gasteiger partial charge on any atom is -0.368 e. The fraction of sp³-hybridized carbons (Fsp3) is 0.312. The van der Waals surface area contributed by atoms with E-state index in [1.807, 2.05) is 35.0 Å². The fourth-order valence-corrected chi connectivity index (χ4v) is 2.65. The molecule has 0 saturated heterocycles. The molecule has 0 aliphatic heterocycles. The molecule has 3 N–H and O–H groups in total. The second kappa shape index (κ2) is 5.38. The number of nitrogens with two attached hydrogens (primary N) is 1. The molecule has 2 heterocycles. The van der Waals surface area contributed by atoms with Gasteiger partial charge in [-0.25, -0.2) is 14.6 Å². The summed E-state index contributed by atoms with van der Waals surface area (Å²) >= 11 is 0. The maximum absolute atomic E-state index is 6.14. The molecule has 1 fully saturated rings. The lowest BCUT2D eigenvalue weighted by atomic mass is 10.2. The SMILES string of the molecule is NC(CNc1ncnc2c1cnn2-c1ccccc1)C1CC1. The molecule has 6 nitrogen and oxygen atoms in total. The monoisotopic (exact) mass is 294 g/mol. The number of hydrogen-bond donors (Lipinski definition) is 2. The van der Waals surface area contributed by atoms with Crippen LogP contribution in [0, 0.1) is 5.92 Å². The molecule has 2 aromatic heterocycles. The van der Waals surface area contributed by atoms with Crippen molar-refractivity contribution in [3.63, 3.8) is 0 Å². The molecule has 0 bridgehead atoms. The summed E-state index contributed by atoms with van der Waals surface area (Å²) in [7, 11) is 0. The van der Waals surface area contributed by atoms with Gasteiger partial charge in [0.1, 0.15) is 12.1 Å². The van der Waals surface area contributed by atoms with Crippen molar-refractivity contribution < 1.29 is 0 Å². The second-order valence-corrected chi connectivity index (χ2v) is 5.73. The van der Waals surface area contributed by atoms with E-state index in [9.17, 15) is 0 Å². The van der Waals surface area contributed by atoms with Gasteiger partial charge in [-0.2, -0.15) is 5.10 Å². The van der Waals surface area contributed by atoms with E-state index in [4.69, 9.17) is 5.73 Å². The maximum Gasteiger partial charge on any atom is 0.168 e. The van der Waals surface area contributed by atoms with Gasteiger partial charge in [0, 0.05) is 12.6 Å². The zero-order valence-corrected chi connectivity index (χ0v) is 12.2. The van der Waals surface area contributed by atoms with Gasteiger partial charge in [-0.15, -0.1) is 0 Å². The van der Waals surface area contributed by atoms with Gasteiger partial charge in [0.2, 0.25) is 0 Å². The van der Waals surface area contributed by atoms with Crippen molar-refractivity contribution in [2.75, 3.05) is 11.9 Å². The van der Waals surface area contributed by atoms with Crippen molar-refractivity contribution in [3.05, 3.63) is 42.9 Å². The lowest BCUT2D eigenvalue weighted by Crippen LogP contribution is -2.31. The van der Waals surface area contributed by atoms with Crippen LogP contribution in [0.15, 0.2) is 42.9 Å². The Morgan fingerprint density at radius 3 is 2.82 bits per heavy atom. The van der Waals surface area contributed by atoms with E-state index in [1.165, 1.54) is 12.8 Å². The van der Waals surface area contributed by atoms with E-state index in [-0.39, 0.29) is 6.04 Å². The molecular weight excluding hydrogens is 276 g/mol. The quantitative estimate of drug-likeness (QED) is 0.752. The van der Waals surface area contributed by atoms with Crippen molar-refractivity contribution in [2.24, 2.45) is 11.7 Å². The highest BCUT2D eigenvalue weighted by Gasteiger charge is 2.28. The molecule has 6 heteroatoms. The molecule has 1 aliphatic carbocycles. The molecule has 3 aromatic rings. The third kappa shape index (κ3) is 2.42. The third-order valence-corrected chi connectivity index (χ3v) is 4.10. The normalized spacial score (nSPS) is 15.9. The highest BCUT2D eigenvalue weighted by Crippen LogP contribution is 2.31. The smallest absolute Gasteiger partial charge is 0.168 e. The van der Waals surface area contributed by atoms with E-state index >= 15 is 0 Å². The number of rotatable bonds is 5. The highest BCUT2D eigenvalue weighted by molar-refractivity contribution is 5.87. The first-order valence-electron chi connectivity index (χ1n) is 7.56. The number of para-hydroxylation sites is 1. The summed E-state index contributed by atoms with van der Waals surface area (Å²) in [5.74, 6) is 1.46. The first-order valence-corrected chi connectivity index (χ1v) is 7.56. The molecule has 0 amide bonds. The molecule has 1 atom stereocenters. The van der Waals surface area contributed by atoms with Crippen molar-refractivity contribution in [1.29, 1.82) is 0 Å². The maximum atomic E-state index is 6.14. The van der Waals surface area contributed by atoms with Crippen LogP contribution in [0.25, 0.3) is 16.7 Å². The Bertz CT molecular complexity index is 778. The molecule has 1 aromatic carbocycles. The van der Waals surface area contributed by atoms with E-state index < -0.39 is 0 Å². The number of nitrogens with zero attached hydrogens (tertiary/aromatic N) is 4. The average molecular weight is 294 g/mol. The zero-order valence-electron chi connectivity index (χ0n) is 12.2. The van der Waals surface area contributed by atoms with Crippen LogP contribution in [0.5, 0.6) is 0 Å². The molecule has 22 heavy (non-hydrogen) atoms. The summed E-state index contributed by atoms with van der Waals surface area (Å²) < 4.78 is 1.82. The standard InChI is InChI=1S/C16H18N6/c17-14(11-6-7-11)9-18-15-13-8-21-22(16(13)20-10-19-15)12-4-2-1-3-5-12/h1-5,8,10-11,14H,6-7,9,17H2,(H,18,19,20). The zero-order chi connectivity index (χ0) is 14.9. The Balaban J connectivity index is 1.64. The number of anilines is 1. The Morgan fingerprint density at radius 2 is 2.05 bits per heavy atom. The third-order valence-electron chi connectivity index (χ3n) is 4.10. The number of benzene rings is 1. The van der Waals surface area contributed by atoms with Crippen LogP contribution in [0.1, 0.15) is 12.8 Å². The van der Waals surface area contributed by atoms with Crippen molar-refractivity contribution in [2.45, 2.75) is 18.9 Å². The van der Waals surface area contributed by atoms with Crippen LogP contribution in [0.2, 0.25) is 0 Å². The predicted molar refractivity (Wildman–Crippen MR) is 85.8 cm³/mol.